The van der Waals surface area contributed by atoms with Crippen LogP contribution in [0, 0.1) is 5.92 Å². The molecular formula is C20H32ClN3O5S. The van der Waals surface area contributed by atoms with E-state index in [4.69, 9.17) is 21.5 Å². The number of carbonyl (C=O) groups is 2. The van der Waals surface area contributed by atoms with Crippen molar-refractivity contribution < 1.29 is 23.1 Å². The van der Waals surface area contributed by atoms with Crippen LogP contribution in [-0.4, -0.2) is 50.1 Å². The van der Waals surface area contributed by atoms with Crippen molar-refractivity contribution in [2.45, 2.75) is 62.9 Å². The van der Waals surface area contributed by atoms with Crippen LogP contribution in [-0.2, 0) is 19.6 Å². The Morgan fingerprint density at radius 1 is 1.17 bits per heavy atom. The van der Waals surface area contributed by atoms with Crippen molar-refractivity contribution in [3.63, 3.8) is 0 Å². The van der Waals surface area contributed by atoms with E-state index < -0.39 is 10.0 Å². The molecule has 0 aromatic heterocycles. The van der Waals surface area contributed by atoms with Crippen LogP contribution in [0.1, 0.15) is 47.0 Å². The summed E-state index contributed by atoms with van der Waals surface area (Å²) in [5.41, 5.74) is 0.00181. The lowest BCUT2D eigenvalue weighted by molar-refractivity contribution is -0.123. The molecule has 0 unspecified atom stereocenters. The molecule has 0 radical (unpaired) electrons. The molecule has 0 spiro atoms. The third kappa shape index (κ3) is 9.42. The Kier molecular flexibility index (Phi) is 9.74. The minimum absolute atomic E-state index is 0.000903. The van der Waals surface area contributed by atoms with Crippen LogP contribution in [0.15, 0.2) is 29.2 Å². The maximum atomic E-state index is 12.2. The zero-order valence-electron chi connectivity index (χ0n) is 17.9. The average Bonchev–Trinajstić information content (AvgIpc) is 2.57. The van der Waals surface area contributed by atoms with Crippen LogP contribution < -0.4 is 15.4 Å². The second kappa shape index (κ2) is 11.1. The van der Waals surface area contributed by atoms with E-state index in [1.54, 1.807) is 0 Å². The van der Waals surface area contributed by atoms with Gasteiger partial charge in [-0.2, -0.15) is 0 Å². The van der Waals surface area contributed by atoms with Crippen molar-refractivity contribution in [3.05, 3.63) is 29.3 Å². The summed E-state index contributed by atoms with van der Waals surface area (Å²) in [5, 5.41) is 13.8. The minimum Gasteiger partial charge on any atom is -0.483 e. The van der Waals surface area contributed by atoms with Gasteiger partial charge in [0.2, 0.25) is 15.9 Å². The summed E-state index contributed by atoms with van der Waals surface area (Å²) < 4.78 is 26.8. The molecule has 1 heterocycles. The maximum absolute atomic E-state index is 12.2. The Morgan fingerprint density at radius 2 is 1.67 bits per heavy atom. The van der Waals surface area contributed by atoms with Gasteiger partial charge in [0.05, 0.1) is 4.90 Å². The fourth-order valence-corrected chi connectivity index (χ4v) is 5.25. The molecule has 0 saturated carbocycles. The SMILES string of the molecule is CC1(C)CC(CC(=O)NCCNS(=O)(=O)c2ccc(Cl)cc2)CC(C)(C)N1.O=CO. The third-order valence-electron chi connectivity index (χ3n) is 4.61. The lowest BCUT2D eigenvalue weighted by Crippen LogP contribution is -2.58. The Bertz CT molecular complexity index is 794. The minimum atomic E-state index is -3.60. The van der Waals surface area contributed by atoms with E-state index in [9.17, 15) is 13.2 Å². The normalized spacial score (nSPS) is 18.0. The van der Waals surface area contributed by atoms with Crippen molar-refractivity contribution in [3.8, 4) is 0 Å². The van der Waals surface area contributed by atoms with Gasteiger partial charge in [-0.25, -0.2) is 13.1 Å². The van der Waals surface area contributed by atoms with Crippen LogP contribution in [0.4, 0.5) is 0 Å². The molecule has 2 rings (SSSR count). The third-order valence-corrected chi connectivity index (χ3v) is 6.34. The lowest BCUT2D eigenvalue weighted by atomic mass is 9.74. The summed E-state index contributed by atoms with van der Waals surface area (Å²) in [7, 11) is -3.60. The van der Waals surface area contributed by atoms with E-state index in [-0.39, 0.29) is 41.4 Å². The number of nitrogens with one attached hydrogen (secondary N) is 3. The predicted molar refractivity (Wildman–Crippen MR) is 117 cm³/mol. The van der Waals surface area contributed by atoms with Crippen LogP contribution in [0.5, 0.6) is 0 Å². The highest BCUT2D eigenvalue weighted by atomic mass is 35.5. The standard InChI is InChI=1S/C19H30ClN3O3S.CH2O2/c1-18(2)12-14(13-19(3,4)23-18)11-17(24)21-9-10-22-27(25,26)16-7-5-15(20)6-8-16;2-1-3/h5-8,14,22-23H,9-13H2,1-4H3,(H,21,24);1H,(H,2,3). The number of piperidine rings is 1. The van der Waals surface area contributed by atoms with E-state index in [1.807, 2.05) is 0 Å². The van der Waals surface area contributed by atoms with Gasteiger partial charge < -0.3 is 15.7 Å². The van der Waals surface area contributed by atoms with Gasteiger partial charge in [0.15, 0.2) is 0 Å². The van der Waals surface area contributed by atoms with E-state index in [2.05, 4.69) is 43.1 Å². The molecule has 0 atom stereocenters. The molecule has 0 bridgehead atoms. The van der Waals surface area contributed by atoms with Crippen molar-refractivity contribution in [1.29, 1.82) is 0 Å². The topological polar surface area (TPSA) is 125 Å². The number of rotatable bonds is 7. The monoisotopic (exact) mass is 461 g/mol. The molecule has 0 aliphatic carbocycles. The van der Waals surface area contributed by atoms with Crippen molar-refractivity contribution in [1.82, 2.24) is 15.4 Å². The number of hydrogen-bond acceptors (Lipinski definition) is 5. The quantitative estimate of drug-likeness (QED) is 0.365. The van der Waals surface area contributed by atoms with Crippen LogP contribution in [0.3, 0.4) is 0 Å². The number of hydrogen-bond donors (Lipinski definition) is 4. The average molecular weight is 462 g/mol. The first-order chi connectivity index (χ1) is 13.8. The number of halogens is 1. The smallest absolute Gasteiger partial charge is 0.290 e. The van der Waals surface area contributed by atoms with Gasteiger partial charge in [0.25, 0.3) is 6.47 Å². The Morgan fingerprint density at radius 3 is 2.17 bits per heavy atom. The van der Waals surface area contributed by atoms with Crippen LogP contribution >= 0.6 is 11.6 Å². The lowest BCUT2D eigenvalue weighted by Gasteiger charge is -2.46. The van der Waals surface area contributed by atoms with E-state index in [0.29, 0.717) is 17.4 Å². The Labute approximate surface area is 183 Å². The van der Waals surface area contributed by atoms with Crippen molar-refractivity contribution >= 4 is 34.0 Å². The molecular weight excluding hydrogens is 430 g/mol. The Balaban J connectivity index is 0.00000141. The van der Waals surface area contributed by atoms with Gasteiger partial charge in [-0.05, 0) is 70.7 Å². The van der Waals surface area contributed by atoms with E-state index in [1.165, 1.54) is 24.3 Å². The molecule has 1 aromatic rings. The molecule has 8 nitrogen and oxygen atoms in total. The van der Waals surface area contributed by atoms with E-state index in [0.717, 1.165) is 12.8 Å². The van der Waals surface area contributed by atoms with E-state index >= 15 is 0 Å². The van der Waals surface area contributed by atoms with Gasteiger partial charge in [-0.1, -0.05) is 11.6 Å². The Hall–Kier alpha value is -1.68. The van der Waals surface area contributed by atoms with Gasteiger partial charge in [-0.15, -0.1) is 0 Å². The van der Waals surface area contributed by atoms with Crippen LogP contribution in [0.2, 0.25) is 5.02 Å². The van der Waals surface area contributed by atoms with Gasteiger partial charge in [0.1, 0.15) is 0 Å². The second-order valence-corrected chi connectivity index (χ2v) is 10.9. The first-order valence-electron chi connectivity index (χ1n) is 9.69. The largest absolute Gasteiger partial charge is 0.483 e. The highest BCUT2D eigenvalue weighted by Gasteiger charge is 2.38. The number of benzene rings is 1. The van der Waals surface area contributed by atoms with Gasteiger partial charge in [0, 0.05) is 35.6 Å². The number of carbonyl (C=O) groups excluding carboxylic acids is 1. The van der Waals surface area contributed by atoms with Crippen molar-refractivity contribution in [2.75, 3.05) is 13.1 Å². The zero-order valence-corrected chi connectivity index (χ0v) is 19.4. The van der Waals surface area contributed by atoms with Gasteiger partial charge in [-0.3, -0.25) is 9.59 Å². The second-order valence-electron chi connectivity index (χ2n) is 8.68. The number of sulfonamides is 1. The summed E-state index contributed by atoms with van der Waals surface area (Å²) in [6.45, 7) is 8.77. The first kappa shape index (κ1) is 26.4. The summed E-state index contributed by atoms with van der Waals surface area (Å²) in [6, 6.07) is 5.95. The fraction of sp³-hybridized carbons (Fsp3) is 0.600. The summed E-state index contributed by atoms with van der Waals surface area (Å²) >= 11 is 5.77. The van der Waals surface area contributed by atoms with Crippen LogP contribution in [0.25, 0.3) is 0 Å². The molecule has 30 heavy (non-hydrogen) atoms. The number of carboxylic acid groups (broad SMARTS) is 1. The number of amides is 1. The molecule has 1 amide bonds. The summed E-state index contributed by atoms with van der Waals surface area (Å²) in [4.78, 5) is 20.8. The molecule has 1 saturated heterocycles. The fourth-order valence-electron chi connectivity index (χ4n) is 4.10. The zero-order chi connectivity index (χ0) is 23.0. The summed E-state index contributed by atoms with van der Waals surface area (Å²) in [5.74, 6) is 0.265. The molecule has 170 valence electrons. The molecule has 1 aliphatic rings. The molecule has 1 aliphatic heterocycles. The molecule has 1 fully saturated rings. The molecule has 1 aromatic carbocycles. The highest BCUT2D eigenvalue weighted by Crippen LogP contribution is 2.34. The summed E-state index contributed by atoms with van der Waals surface area (Å²) in [6.07, 6.45) is 2.33. The first-order valence-corrected chi connectivity index (χ1v) is 11.6. The van der Waals surface area contributed by atoms with Crippen molar-refractivity contribution in [2.24, 2.45) is 5.92 Å². The maximum Gasteiger partial charge on any atom is 0.290 e. The molecule has 10 heteroatoms. The van der Waals surface area contributed by atoms with Gasteiger partial charge >= 0.3 is 0 Å². The highest BCUT2D eigenvalue weighted by molar-refractivity contribution is 7.89. The predicted octanol–water partition coefficient (Wildman–Crippen LogP) is 2.38. The molecule has 4 N–H and O–H groups in total.